The smallest absolute Gasteiger partial charge is 0.309 e. The summed E-state index contributed by atoms with van der Waals surface area (Å²) in [5.74, 6) is 0.554. The molecule has 0 saturated heterocycles. The van der Waals surface area contributed by atoms with Gasteiger partial charge in [0.05, 0.1) is 17.3 Å². The van der Waals surface area contributed by atoms with Crippen molar-refractivity contribution >= 4 is 11.9 Å². The first-order valence-corrected chi connectivity index (χ1v) is 8.78. The molecule has 2 N–H and O–H groups in total. The molecule has 0 spiro atoms. The van der Waals surface area contributed by atoms with E-state index in [9.17, 15) is 14.7 Å². The van der Waals surface area contributed by atoms with Crippen molar-refractivity contribution in [2.75, 3.05) is 0 Å². The average molecular weight is 329 g/mol. The maximum Gasteiger partial charge on any atom is 0.309 e. The third-order valence-electron chi connectivity index (χ3n) is 6.27. The highest BCUT2D eigenvalue weighted by Gasteiger charge is 2.56. The van der Waals surface area contributed by atoms with Gasteiger partial charge in [-0.2, -0.15) is 0 Å². The van der Waals surface area contributed by atoms with Gasteiger partial charge < -0.3 is 10.4 Å². The van der Waals surface area contributed by atoms with Crippen LogP contribution in [0.4, 0.5) is 0 Å². The Hall–Kier alpha value is -1.98. The molecule has 3 bridgehead atoms. The number of aryl methyl sites for hydroxylation is 1. The van der Waals surface area contributed by atoms with Gasteiger partial charge in [-0.1, -0.05) is 0 Å². The molecule has 128 valence electrons. The van der Waals surface area contributed by atoms with Gasteiger partial charge in [0.1, 0.15) is 5.69 Å². The lowest BCUT2D eigenvalue weighted by molar-refractivity contribution is -0.151. The number of rotatable bonds is 3. The van der Waals surface area contributed by atoms with Gasteiger partial charge in [0.25, 0.3) is 5.91 Å². The Labute approximate surface area is 141 Å². The first-order chi connectivity index (χ1) is 11.4. The van der Waals surface area contributed by atoms with Gasteiger partial charge in [-0.25, -0.2) is 4.98 Å². The third-order valence-corrected chi connectivity index (χ3v) is 6.27. The Morgan fingerprint density at radius 2 is 1.92 bits per heavy atom. The van der Waals surface area contributed by atoms with E-state index in [1.807, 2.05) is 6.92 Å². The fourth-order valence-electron chi connectivity index (χ4n) is 5.46. The quantitative estimate of drug-likeness (QED) is 0.887. The van der Waals surface area contributed by atoms with Crippen LogP contribution in [0.1, 0.15) is 54.7 Å². The van der Waals surface area contributed by atoms with Crippen molar-refractivity contribution in [1.82, 2.24) is 15.3 Å². The number of nitrogens with one attached hydrogen (secondary N) is 1. The van der Waals surface area contributed by atoms with Gasteiger partial charge in [-0.05, 0) is 63.2 Å². The number of carboxylic acids is 1. The highest BCUT2D eigenvalue weighted by atomic mass is 16.4. The van der Waals surface area contributed by atoms with E-state index in [4.69, 9.17) is 0 Å². The Morgan fingerprint density at radius 1 is 1.17 bits per heavy atom. The minimum Gasteiger partial charge on any atom is -0.481 e. The number of hydrogen-bond donors (Lipinski definition) is 2. The summed E-state index contributed by atoms with van der Waals surface area (Å²) >= 11 is 0. The zero-order valence-corrected chi connectivity index (χ0v) is 13.9. The number of nitrogens with zero attached hydrogens (tertiary/aromatic N) is 2. The van der Waals surface area contributed by atoms with Crippen molar-refractivity contribution in [3.05, 3.63) is 23.8 Å². The first-order valence-electron chi connectivity index (χ1n) is 8.78. The SMILES string of the molecule is Cc1cncc(C(=O)NC2CC3CC4CC(C(=O)O)(C3)CC4C2)n1. The number of carbonyl (C=O) groups excluding carboxylic acids is 1. The van der Waals surface area contributed by atoms with Crippen molar-refractivity contribution in [2.24, 2.45) is 23.2 Å². The molecule has 1 aromatic heterocycles. The minimum atomic E-state index is -0.614. The van der Waals surface area contributed by atoms with Crippen LogP contribution in [0.2, 0.25) is 0 Å². The standard InChI is InChI=1S/C18H23N3O3/c1-10-8-19-9-15(20-10)16(22)21-14-3-11-2-12-6-18(5-11,17(23)24)7-13(12)4-14/h8-9,11-14H,2-7H2,1H3,(H,21,22)(H,23,24). The van der Waals surface area contributed by atoms with Crippen molar-refractivity contribution in [3.63, 3.8) is 0 Å². The molecule has 3 aliphatic carbocycles. The zero-order valence-electron chi connectivity index (χ0n) is 13.9. The Bertz CT molecular complexity index is 688. The fraction of sp³-hybridized carbons (Fsp3) is 0.667. The summed E-state index contributed by atoms with van der Waals surface area (Å²) in [6, 6.07) is 0.115. The van der Waals surface area contributed by atoms with E-state index in [1.165, 1.54) is 6.20 Å². The van der Waals surface area contributed by atoms with Gasteiger partial charge in [-0.15, -0.1) is 0 Å². The third kappa shape index (κ3) is 2.58. The van der Waals surface area contributed by atoms with E-state index < -0.39 is 11.4 Å². The lowest BCUT2D eigenvalue weighted by Gasteiger charge is -2.35. The molecule has 1 amide bonds. The van der Waals surface area contributed by atoms with Gasteiger partial charge in [0.2, 0.25) is 0 Å². The number of aliphatic carboxylic acids is 1. The number of amides is 1. The second kappa shape index (κ2) is 5.53. The van der Waals surface area contributed by atoms with Crippen LogP contribution in [0.3, 0.4) is 0 Å². The molecule has 4 rings (SSSR count). The monoisotopic (exact) mass is 329 g/mol. The Balaban J connectivity index is 1.48. The summed E-state index contributed by atoms with van der Waals surface area (Å²) in [4.78, 5) is 32.5. The van der Waals surface area contributed by atoms with Crippen LogP contribution in [0, 0.1) is 30.1 Å². The van der Waals surface area contributed by atoms with Crippen LogP contribution in [-0.2, 0) is 4.79 Å². The Kier molecular flexibility index (Phi) is 3.58. The second-order valence-corrected chi connectivity index (χ2v) is 8.01. The molecule has 5 unspecified atom stereocenters. The molecule has 1 aromatic rings. The van der Waals surface area contributed by atoms with Gasteiger partial charge >= 0.3 is 5.97 Å². The van der Waals surface area contributed by atoms with Crippen LogP contribution < -0.4 is 5.32 Å². The minimum absolute atomic E-state index is 0.115. The van der Waals surface area contributed by atoms with E-state index in [0.29, 0.717) is 23.4 Å². The molecule has 3 fully saturated rings. The topological polar surface area (TPSA) is 92.2 Å². The van der Waals surface area contributed by atoms with E-state index in [0.717, 1.165) is 44.2 Å². The average Bonchev–Trinajstić information content (AvgIpc) is 2.71. The maximum absolute atomic E-state index is 12.5. The zero-order chi connectivity index (χ0) is 16.9. The van der Waals surface area contributed by atoms with Gasteiger partial charge in [-0.3, -0.25) is 14.6 Å². The van der Waals surface area contributed by atoms with Crippen molar-refractivity contribution in [3.8, 4) is 0 Å². The van der Waals surface area contributed by atoms with Crippen LogP contribution in [0.25, 0.3) is 0 Å². The van der Waals surface area contributed by atoms with Crippen molar-refractivity contribution < 1.29 is 14.7 Å². The molecular formula is C18H23N3O3. The molecule has 0 radical (unpaired) electrons. The van der Waals surface area contributed by atoms with E-state index in [-0.39, 0.29) is 11.9 Å². The molecule has 3 aliphatic rings. The normalized spacial score (nSPS) is 37.0. The van der Waals surface area contributed by atoms with Crippen molar-refractivity contribution in [1.29, 1.82) is 0 Å². The van der Waals surface area contributed by atoms with E-state index in [1.54, 1.807) is 6.20 Å². The molecule has 6 heteroatoms. The molecule has 0 aliphatic heterocycles. The summed E-state index contributed by atoms with van der Waals surface area (Å²) in [6.07, 6.45) is 8.39. The van der Waals surface area contributed by atoms with E-state index in [2.05, 4.69) is 15.3 Å². The Morgan fingerprint density at radius 3 is 2.62 bits per heavy atom. The highest BCUT2D eigenvalue weighted by molar-refractivity contribution is 5.92. The predicted molar refractivity (Wildman–Crippen MR) is 86.3 cm³/mol. The number of hydrogen-bond acceptors (Lipinski definition) is 4. The molecule has 1 heterocycles. The number of carbonyl (C=O) groups is 2. The molecule has 0 aromatic carbocycles. The lowest BCUT2D eigenvalue weighted by atomic mass is 9.69. The molecule has 3 saturated carbocycles. The number of aromatic nitrogens is 2. The van der Waals surface area contributed by atoms with Crippen LogP contribution in [0.15, 0.2) is 12.4 Å². The van der Waals surface area contributed by atoms with E-state index >= 15 is 0 Å². The summed E-state index contributed by atoms with van der Waals surface area (Å²) in [7, 11) is 0. The molecule has 6 nitrogen and oxygen atoms in total. The molecule has 24 heavy (non-hydrogen) atoms. The second-order valence-electron chi connectivity index (χ2n) is 8.01. The predicted octanol–water partition coefficient (Wildman–Crippen LogP) is 2.18. The van der Waals surface area contributed by atoms with Crippen LogP contribution in [0.5, 0.6) is 0 Å². The fourth-order valence-corrected chi connectivity index (χ4v) is 5.46. The van der Waals surface area contributed by atoms with Gasteiger partial charge in [0, 0.05) is 12.2 Å². The summed E-state index contributed by atoms with van der Waals surface area (Å²) in [5, 5.41) is 12.8. The number of fused-ring (bicyclic) bond motifs is 2. The summed E-state index contributed by atoms with van der Waals surface area (Å²) in [5.41, 5.74) is 0.593. The first kappa shape index (κ1) is 15.5. The molecule has 5 atom stereocenters. The number of carboxylic acid groups (broad SMARTS) is 1. The summed E-state index contributed by atoms with van der Waals surface area (Å²) in [6.45, 7) is 1.82. The van der Waals surface area contributed by atoms with Crippen LogP contribution >= 0.6 is 0 Å². The van der Waals surface area contributed by atoms with Gasteiger partial charge in [0.15, 0.2) is 0 Å². The summed E-state index contributed by atoms with van der Waals surface area (Å²) < 4.78 is 0. The lowest BCUT2D eigenvalue weighted by Crippen LogP contribution is -2.40. The molecular weight excluding hydrogens is 306 g/mol. The largest absolute Gasteiger partial charge is 0.481 e. The van der Waals surface area contributed by atoms with Crippen LogP contribution in [-0.4, -0.2) is 33.0 Å². The highest BCUT2D eigenvalue weighted by Crippen LogP contribution is 2.60. The van der Waals surface area contributed by atoms with Crippen molar-refractivity contribution in [2.45, 2.75) is 51.5 Å². The maximum atomic E-state index is 12.5.